The standard InChI is InChI=1S/C28H29F2N3O3S2/c1-16-7-6-8-17(2)23(16)24-25(18-13-19(29)15-20(14-18)36-12-11-28(3,4)5)37-26(33-24)21-9-10-22(30)32-27(21)38(31,34)35/h6-10,13-15H,11-12H2,1-5H3,(H2,31,34,35). The molecule has 2 aromatic carbocycles. The van der Waals surface area contributed by atoms with Crippen molar-refractivity contribution in [1.29, 1.82) is 0 Å². The molecule has 0 aliphatic rings. The van der Waals surface area contributed by atoms with Crippen molar-refractivity contribution in [2.24, 2.45) is 10.6 Å². The van der Waals surface area contributed by atoms with Gasteiger partial charge in [0, 0.05) is 22.8 Å². The Bertz CT molecular complexity index is 1590. The zero-order chi connectivity index (χ0) is 27.8. The second kappa shape index (κ2) is 10.5. The summed E-state index contributed by atoms with van der Waals surface area (Å²) >= 11 is 1.14. The molecule has 0 radical (unpaired) electrons. The van der Waals surface area contributed by atoms with Gasteiger partial charge in [-0.1, -0.05) is 39.0 Å². The molecule has 0 bridgehead atoms. The van der Waals surface area contributed by atoms with Crippen LogP contribution in [0.4, 0.5) is 8.78 Å². The lowest BCUT2D eigenvalue weighted by Gasteiger charge is -2.18. The number of hydrogen-bond donors (Lipinski definition) is 1. The van der Waals surface area contributed by atoms with E-state index >= 15 is 0 Å². The number of aryl methyl sites for hydroxylation is 2. The van der Waals surface area contributed by atoms with E-state index in [0.717, 1.165) is 40.5 Å². The minimum atomic E-state index is -4.35. The molecule has 0 unspecified atom stereocenters. The van der Waals surface area contributed by atoms with E-state index in [1.165, 1.54) is 18.2 Å². The van der Waals surface area contributed by atoms with Crippen molar-refractivity contribution in [2.45, 2.75) is 46.1 Å². The highest BCUT2D eigenvalue weighted by Crippen LogP contribution is 2.44. The highest BCUT2D eigenvalue weighted by Gasteiger charge is 2.25. The number of benzene rings is 2. The Kier molecular flexibility index (Phi) is 7.69. The number of aromatic nitrogens is 2. The van der Waals surface area contributed by atoms with E-state index in [4.69, 9.17) is 14.9 Å². The number of rotatable bonds is 7. The van der Waals surface area contributed by atoms with E-state index in [9.17, 15) is 17.2 Å². The second-order valence-electron chi connectivity index (χ2n) is 10.3. The predicted octanol–water partition coefficient (Wildman–Crippen LogP) is 6.90. The van der Waals surface area contributed by atoms with Gasteiger partial charge in [0.25, 0.3) is 10.0 Å². The Morgan fingerprint density at radius 3 is 2.32 bits per heavy atom. The minimum absolute atomic E-state index is 0.0580. The first-order chi connectivity index (χ1) is 17.7. The van der Waals surface area contributed by atoms with Crippen molar-refractivity contribution in [1.82, 2.24) is 9.97 Å². The van der Waals surface area contributed by atoms with Gasteiger partial charge in [-0.3, -0.25) is 0 Å². The quantitative estimate of drug-likeness (QED) is 0.250. The van der Waals surface area contributed by atoms with E-state index in [1.807, 2.05) is 32.0 Å². The Hall–Kier alpha value is -3.21. The summed E-state index contributed by atoms with van der Waals surface area (Å²) in [6.07, 6.45) is 0.783. The maximum Gasteiger partial charge on any atom is 0.256 e. The molecule has 0 amide bonds. The van der Waals surface area contributed by atoms with Gasteiger partial charge in [-0.15, -0.1) is 11.3 Å². The van der Waals surface area contributed by atoms with Crippen molar-refractivity contribution >= 4 is 21.4 Å². The van der Waals surface area contributed by atoms with Crippen LogP contribution in [0.25, 0.3) is 32.3 Å². The molecule has 200 valence electrons. The van der Waals surface area contributed by atoms with Crippen LogP contribution in [0.3, 0.4) is 0 Å². The van der Waals surface area contributed by atoms with Gasteiger partial charge in [0.15, 0.2) is 5.03 Å². The van der Waals surface area contributed by atoms with Crippen molar-refractivity contribution in [3.63, 3.8) is 0 Å². The summed E-state index contributed by atoms with van der Waals surface area (Å²) in [5, 5.41) is 4.99. The lowest BCUT2D eigenvalue weighted by Crippen LogP contribution is -2.16. The zero-order valence-electron chi connectivity index (χ0n) is 21.8. The van der Waals surface area contributed by atoms with Crippen molar-refractivity contribution < 1.29 is 21.9 Å². The fourth-order valence-electron chi connectivity index (χ4n) is 4.04. The van der Waals surface area contributed by atoms with Gasteiger partial charge in [-0.05, 0) is 61.1 Å². The summed E-state index contributed by atoms with van der Waals surface area (Å²) in [4.78, 5) is 8.91. The molecular formula is C28H29F2N3O3S2. The molecule has 38 heavy (non-hydrogen) atoms. The molecule has 0 saturated heterocycles. The van der Waals surface area contributed by atoms with Gasteiger partial charge in [-0.2, -0.15) is 4.39 Å². The molecule has 4 aromatic rings. The van der Waals surface area contributed by atoms with E-state index in [0.29, 0.717) is 28.5 Å². The number of thiazole rings is 1. The van der Waals surface area contributed by atoms with Gasteiger partial charge in [0.05, 0.1) is 17.2 Å². The number of hydrogen-bond acceptors (Lipinski definition) is 6. The number of sulfonamides is 1. The number of ether oxygens (including phenoxy) is 1. The summed E-state index contributed by atoms with van der Waals surface area (Å²) < 4.78 is 59.1. The Labute approximate surface area is 225 Å². The summed E-state index contributed by atoms with van der Waals surface area (Å²) in [6, 6.07) is 12.6. The number of nitrogens with two attached hydrogens (primary N) is 1. The highest BCUT2D eigenvalue weighted by molar-refractivity contribution is 7.89. The zero-order valence-corrected chi connectivity index (χ0v) is 23.4. The molecule has 2 heterocycles. The third-order valence-electron chi connectivity index (χ3n) is 5.93. The number of pyridine rings is 1. The van der Waals surface area contributed by atoms with Gasteiger partial charge < -0.3 is 4.74 Å². The first-order valence-corrected chi connectivity index (χ1v) is 14.3. The lowest BCUT2D eigenvalue weighted by molar-refractivity contribution is 0.242. The summed E-state index contributed by atoms with van der Waals surface area (Å²) in [5.74, 6) is -1.09. The molecule has 10 heteroatoms. The topological polar surface area (TPSA) is 95.2 Å². The third-order valence-corrected chi connectivity index (χ3v) is 7.91. The molecule has 6 nitrogen and oxygen atoms in total. The van der Waals surface area contributed by atoms with Crippen molar-refractivity contribution in [2.75, 3.05) is 6.61 Å². The van der Waals surface area contributed by atoms with E-state index < -0.39 is 26.8 Å². The van der Waals surface area contributed by atoms with E-state index in [2.05, 4.69) is 25.8 Å². The van der Waals surface area contributed by atoms with Crippen LogP contribution in [0.2, 0.25) is 0 Å². The van der Waals surface area contributed by atoms with Crippen LogP contribution in [0.5, 0.6) is 5.75 Å². The van der Waals surface area contributed by atoms with Gasteiger partial charge in [0.2, 0.25) is 5.95 Å². The highest BCUT2D eigenvalue weighted by atomic mass is 32.2. The largest absolute Gasteiger partial charge is 0.493 e. The molecule has 0 atom stereocenters. The maximum absolute atomic E-state index is 14.8. The Morgan fingerprint density at radius 2 is 1.68 bits per heavy atom. The average Bonchev–Trinajstić information content (AvgIpc) is 3.22. The SMILES string of the molecule is Cc1cccc(C)c1-c1nc(-c2ccc(F)nc2S(N)(=O)=O)sc1-c1cc(F)cc(OCCC(C)(C)C)c1. The lowest BCUT2D eigenvalue weighted by atomic mass is 9.93. The summed E-state index contributed by atoms with van der Waals surface area (Å²) in [7, 11) is -4.35. The molecule has 4 rings (SSSR count). The molecule has 2 N–H and O–H groups in total. The van der Waals surface area contributed by atoms with Crippen LogP contribution >= 0.6 is 11.3 Å². The van der Waals surface area contributed by atoms with Crippen molar-refractivity contribution in [3.05, 3.63) is 71.4 Å². The molecule has 2 aromatic heterocycles. The fraction of sp³-hybridized carbons (Fsp3) is 0.286. The van der Waals surface area contributed by atoms with Crippen LogP contribution in [0, 0.1) is 31.0 Å². The molecule has 0 fully saturated rings. The van der Waals surface area contributed by atoms with Crippen LogP contribution in [0.1, 0.15) is 38.3 Å². The Balaban J connectivity index is 1.92. The number of halogens is 2. The van der Waals surface area contributed by atoms with Crippen LogP contribution < -0.4 is 9.88 Å². The minimum Gasteiger partial charge on any atom is -0.493 e. The van der Waals surface area contributed by atoms with Crippen molar-refractivity contribution in [3.8, 4) is 38.0 Å². The number of primary sulfonamides is 1. The first-order valence-electron chi connectivity index (χ1n) is 11.9. The summed E-state index contributed by atoms with van der Waals surface area (Å²) in [5.41, 5.74) is 3.88. The summed E-state index contributed by atoms with van der Waals surface area (Å²) in [6.45, 7) is 10.6. The Morgan fingerprint density at radius 1 is 1.00 bits per heavy atom. The molecule has 0 saturated carbocycles. The second-order valence-corrected chi connectivity index (χ2v) is 12.8. The maximum atomic E-state index is 14.8. The van der Waals surface area contributed by atoms with Gasteiger partial charge in [-0.25, -0.2) is 27.9 Å². The first kappa shape index (κ1) is 27.8. The molecule has 0 aliphatic heterocycles. The fourth-order valence-corrected chi connectivity index (χ4v) is 5.87. The van der Waals surface area contributed by atoms with Crippen LogP contribution in [0.15, 0.2) is 53.6 Å². The van der Waals surface area contributed by atoms with Crippen LogP contribution in [-0.2, 0) is 10.0 Å². The molecule has 0 spiro atoms. The van der Waals surface area contributed by atoms with E-state index in [1.54, 1.807) is 6.07 Å². The smallest absolute Gasteiger partial charge is 0.256 e. The molecular weight excluding hydrogens is 528 g/mol. The van der Waals surface area contributed by atoms with E-state index in [-0.39, 0.29) is 16.0 Å². The predicted molar refractivity (Wildman–Crippen MR) is 147 cm³/mol. The van der Waals surface area contributed by atoms with Crippen LogP contribution in [-0.4, -0.2) is 25.0 Å². The number of nitrogens with zero attached hydrogens (tertiary/aromatic N) is 2. The van der Waals surface area contributed by atoms with Gasteiger partial charge in [0.1, 0.15) is 16.6 Å². The molecule has 0 aliphatic carbocycles. The monoisotopic (exact) mass is 557 g/mol. The average molecular weight is 558 g/mol. The normalized spacial score (nSPS) is 12.1. The third kappa shape index (κ3) is 6.25. The van der Waals surface area contributed by atoms with Gasteiger partial charge >= 0.3 is 0 Å².